The molecular formula is C12H17N5O. The molecule has 0 aromatic carbocycles. The molecule has 0 aliphatic heterocycles. The quantitative estimate of drug-likeness (QED) is 0.835. The van der Waals surface area contributed by atoms with Crippen LogP contribution in [0.1, 0.15) is 35.5 Å². The van der Waals surface area contributed by atoms with Crippen LogP contribution in [0, 0.1) is 6.92 Å². The largest absolute Gasteiger partial charge is 0.342 e. The van der Waals surface area contributed by atoms with Crippen molar-refractivity contribution in [2.45, 2.75) is 33.4 Å². The summed E-state index contributed by atoms with van der Waals surface area (Å²) in [4.78, 5) is 22.9. The first-order chi connectivity index (χ1) is 8.70. The molecule has 0 saturated heterocycles. The molecule has 0 bridgehead atoms. The van der Waals surface area contributed by atoms with Gasteiger partial charge in [-0.1, -0.05) is 6.92 Å². The molecule has 0 saturated carbocycles. The summed E-state index contributed by atoms with van der Waals surface area (Å²) in [7, 11) is 0. The summed E-state index contributed by atoms with van der Waals surface area (Å²) in [6, 6.07) is 0. The van der Waals surface area contributed by atoms with Gasteiger partial charge in [0, 0.05) is 30.8 Å². The number of carbonyl (C=O) groups excluding carboxylic acids is 1. The highest BCUT2D eigenvalue weighted by Crippen LogP contribution is 2.00. The van der Waals surface area contributed by atoms with Gasteiger partial charge in [0.2, 0.25) is 0 Å². The molecule has 2 aromatic rings. The molecule has 96 valence electrons. The van der Waals surface area contributed by atoms with Crippen LogP contribution in [0.4, 0.5) is 0 Å². The van der Waals surface area contributed by atoms with Gasteiger partial charge in [0.05, 0.1) is 6.54 Å². The molecule has 0 radical (unpaired) electrons. The van der Waals surface area contributed by atoms with Gasteiger partial charge in [-0.25, -0.2) is 9.97 Å². The van der Waals surface area contributed by atoms with Crippen LogP contribution in [0.2, 0.25) is 0 Å². The molecule has 0 aliphatic carbocycles. The van der Waals surface area contributed by atoms with Crippen LogP contribution in [0.25, 0.3) is 0 Å². The fraction of sp³-hybridized carbons (Fsp3) is 0.417. The molecular weight excluding hydrogens is 230 g/mol. The van der Waals surface area contributed by atoms with Crippen molar-refractivity contribution in [3.8, 4) is 0 Å². The standard InChI is InChI=1S/C12H17N5O/c1-3-5-17-6-4-13-10(17)8-15-12(18)11-14-7-9(2)16-11/h4,6-7H,3,5,8H2,1-2H3,(H,14,16)(H,15,18). The molecule has 2 rings (SSSR count). The summed E-state index contributed by atoms with van der Waals surface area (Å²) in [5, 5.41) is 2.80. The third-order valence-corrected chi connectivity index (χ3v) is 2.59. The predicted molar refractivity (Wildman–Crippen MR) is 67.0 cm³/mol. The minimum absolute atomic E-state index is 0.214. The van der Waals surface area contributed by atoms with Crippen LogP contribution in [-0.2, 0) is 13.1 Å². The molecule has 6 nitrogen and oxygen atoms in total. The van der Waals surface area contributed by atoms with Crippen LogP contribution in [0.15, 0.2) is 18.6 Å². The van der Waals surface area contributed by atoms with Gasteiger partial charge >= 0.3 is 0 Å². The second-order valence-corrected chi connectivity index (χ2v) is 4.13. The molecule has 6 heteroatoms. The molecule has 0 fully saturated rings. The van der Waals surface area contributed by atoms with Crippen molar-refractivity contribution in [3.05, 3.63) is 35.9 Å². The Hall–Kier alpha value is -2.11. The molecule has 0 atom stereocenters. The molecule has 0 aliphatic rings. The van der Waals surface area contributed by atoms with Crippen molar-refractivity contribution in [1.29, 1.82) is 0 Å². The number of aromatic nitrogens is 4. The number of nitrogens with zero attached hydrogens (tertiary/aromatic N) is 3. The van der Waals surface area contributed by atoms with Crippen LogP contribution in [-0.4, -0.2) is 25.4 Å². The van der Waals surface area contributed by atoms with Gasteiger partial charge in [-0.2, -0.15) is 0 Å². The van der Waals surface area contributed by atoms with Crippen molar-refractivity contribution >= 4 is 5.91 Å². The Morgan fingerprint density at radius 2 is 2.33 bits per heavy atom. The highest BCUT2D eigenvalue weighted by molar-refractivity contribution is 5.90. The first kappa shape index (κ1) is 12.3. The van der Waals surface area contributed by atoms with Gasteiger partial charge < -0.3 is 14.9 Å². The van der Waals surface area contributed by atoms with E-state index in [1.54, 1.807) is 12.4 Å². The SMILES string of the molecule is CCCn1ccnc1CNC(=O)c1ncc(C)[nH]1. The van der Waals surface area contributed by atoms with Gasteiger partial charge in [-0.05, 0) is 13.3 Å². The van der Waals surface area contributed by atoms with E-state index in [2.05, 4.69) is 27.2 Å². The highest BCUT2D eigenvalue weighted by Gasteiger charge is 2.10. The zero-order chi connectivity index (χ0) is 13.0. The maximum atomic E-state index is 11.8. The first-order valence-corrected chi connectivity index (χ1v) is 6.00. The molecule has 18 heavy (non-hydrogen) atoms. The van der Waals surface area contributed by atoms with Crippen LogP contribution in [0.5, 0.6) is 0 Å². The van der Waals surface area contributed by atoms with Crippen molar-refractivity contribution < 1.29 is 4.79 Å². The topological polar surface area (TPSA) is 75.6 Å². The molecule has 2 aromatic heterocycles. The van der Waals surface area contributed by atoms with E-state index in [1.807, 2.05) is 17.7 Å². The number of H-pyrrole nitrogens is 1. The van der Waals surface area contributed by atoms with E-state index in [4.69, 9.17) is 0 Å². The first-order valence-electron chi connectivity index (χ1n) is 6.00. The van der Waals surface area contributed by atoms with E-state index in [9.17, 15) is 4.79 Å². The summed E-state index contributed by atoms with van der Waals surface area (Å²) in [6.45, 7) is 5.28. The van der Waals surface area contributed by atoms with Crippen LogP contribution < -0.4 is 5.32 Å². The normalized spacial score (nSPS) is 10.6. The van der Waals surface area contributed by atoms with Gasteiger partial charge in [0.25, 0.3) is 5.91 Å². The number of amides is 1. The third-order valence-electron chi connectivity index (χ3n) is 2.59. The van der Waals surface area contributed by atoms with Gasteiger partial charge in [-0.15, -0.1) is 0 Å². The molecule has 2 N–H and O–H groups in total. The fourth-order valence-electron chi connectivity index (χ4n) is 1.72. The number of carbonyl (C=O) groups is 1. The van der Waals surface area contributed by atoms with Crippen molar-refractivity contribution in [2.24, 2.45) is 0 Å². The van der Waals surface area contributed by atoms with E-state index in [0.717, 1.165) is 24.5 Å². The van der Waals surface area contributed by atoms with E-state index in [0.29, 0.717) is 12.4 Å². The second kappa shape index (κ2) is 5.48. The highest BCUT2D eigenvalue weighted by atomic mass is 16.2. The Balaban J connectivity index is 1.95. The van der Waals surface area contributed by atoms with Gasteiger partial charge in [0.1, 0.15) is 5.82 Å². The minimum atomic E-state index is -0.214. The average Bonchev–Trinajstić information content (AvgIpc) is 2.96. The number of nitrogens with one attached hydrogen (secondary N) is 2. The van der Waals surface area contributed by atoms with Crippen molar-refractivity contribution in [3.63, 3.8) is 0 Å². The van der Waals surface area contributed by atoms with E-state index in [-0.39, 0.29) is 5.91 Å². The molecule has 0 spiro atoms. The fourth-order valence-corrected chi connectivity index (χ4v) is 1.72. The van der Waals surface area contributed by atoms with E-state index >= 15 is 0 Å². The summed E-state index contributed by atoms with van der Waals surface area (Å²) >= 11 is 0. The summed E-state index contributed by atoms with van der Waals surface area (Å²) in [5.74, 6) is 0.976. The number of imidazole rings is 2. The lowest BCUT2D eigenvalue weighted by atomic mass is 10.4. The zero-order valence-electron chi connectivity index (χ0n) is 10.6. The maximum Gasteiger partial charge on any atom is 0.287 e. The van der Waals surface area contributed by atoms with Gasteiger partial charge in [0.15, 0.2) is 5.82 Å². The summed E-state index contributed by atoms with van der Waals surface area (Å²) in [6.07, 6.45) is 6.33. The van der Waals surface area contributed by atoms with E-state index in [1.165, 1.54) is 0 Å². The maximum absolute atomic E-state index is 11.8. The predicted octanol–water partition coefficient (Wildman–Crippen LogP) is 1.25. The Kier molecular flexibility index (Phi) is 3.76. The van der Waals surface area contributed by atoms with Crippen LogP contribution >= 0.6 is 0 Å². The number of aryl methyl sites for hydroxylation is 2. The van der Waals surface area contributed by atoms with E-state index < -0.39 is 0 Å². The Labute approximate surface area is 105 Å². The van der Waals surface area contributed by atoms with Crippen LogP contribution in [0.3, 0.4) is 0 Å². The Bertz CT molecular complexity index is 528. The number of rotatable bonds is 5. The summed E-state index contributed by atoms with van der Waals surface area (Å²) < 4.78 is 2.04. The number of hydrogen-bond donors (Lipinski definition) is 2. The minimum Gasteiger partial charge on any atom is -0.342 e. The molecule has 0 unspecified atom stereocenters. The Morgan fingerprint density at radius 3 is 3.00 bits per heavy atom. The number of aromatic amines is 1. The summed E-state index contributed by atoms with van der Waals surface area (Å²) in [5.41, 5.74) is 0.868. The average molecular weight is 247 g/mol. The van der Waals surface area contributed by atoms with Crippen molar-refractivity contribution in [1.82, 2.24) is 24.8 Å². The lowest BCUT2D eigenvalue weighted by Crippen LogP contribution is -2.25. The smallest absolute Gasteiger partial charge is 0.287 e. The second-order valence-electron chi connectivity index (χ2n) is 4.13. The Morgan fingerprint density at radius 1 is 1.50 bits per heavy atom. The number of hydrogen-bond acceptors (Lipinski definition) is 3. The van der Waals surface area contributed by atoms with Gasteiger partial charge in [-0.3, -0.25) is 4.79 Å². The lowest BCUT2D eigenvalue weighted by Gasteiger charge is -2.06. The monoisotopic (exact) mass is 247 g/mol. The molecule has 1 amide bonds. The lowest BCUT2D eigenvalue weighted by molar-refractivity contribution is 0.0940. The van der Waals surface area contributed by atoms with Crippen molar-refractivity contribution in [2.75, 3.05) is 0 Å². The molecule has 2 heterocycles. The third kappa shape index (κ3) is 2.77. The zero-order valence-corrected chi connectivity index (χ0v) is 10.6.